The number of quaternary nitrogens is 1. The van der Waals surface area contributed by atoms with Crippen LogP contribution >= 0.6 is 0 Å². The number of likely N-dealkylation sites (N-methyl/N-ethyl adjacent to an activating group) is 1. The van der Waals surface area contributed by atoms with Crippen LogP contribution in [0.1, 0.15) is 12.0 Å². The molecule has 1 fully saturated rings. The summed E-state index contributed by atoms with van der Waals surface area (Å²) in [6.45, 7) is 1.76. The third-order valence-electron chi connectivity index (χ3n) is 4.39. The predicted octanol–water partition coefficient (Wildman–Crippen LogP) is 2.32. The first-order valence-corrected chi connectivity index (χ1v) is 6.35. The van der Waals surface area contributed by atoms with E-state index in [9.17, 15) is 0 Å². The molecule has 0 aliphatic carbocycles. The molecular weight excluding hydrogens is 210 g/mol. The van der Waals surface area contributed by atoms with E-state index >= 15 is 0 Å². The normalized spacial score (nSPS) is 30.8. The molecule has 1 aromatic carbocycles. The van der Waals surface area contributed by atoms with Crippen LogP contribution in [0, 0.1) is 0 Å². The Morgan fingerprint density at radius 2 is 1.88 bits per heavy atom. The van der Waals surface area contributed by atoms with Crippen molar-refractivity contribution in [1.29, 1.82) is 0 Å². The van der Waals surface area contributed by atoms with Crippen molar-refractivity contribution < 1.29 is 9.22 Å². The zero-order chi connectivity index (χ0) is 11.9. The molecule has 3 rings (SSSR count). The molecule has 2 nitrogen and oxygen atoms in total. The van der Waals surface area contributed by atoms with E-state index in [1.165, 1.54) is 11.1 Å². The molecule has 2 aliphatic rings. The quantitative estimate of drug-likeness (QED) is 0.673. The van der Waals surface area contributed by atoms with Gasteiger partial charge in [-0.2, -0.15) is 0 Å². The van der Waals surface area contributed by atoms with Crippen molar-refractivity contribution in [3.8, 4) is 0 Å². The first kappa shape index (κ1) is 11.0. The second kappa shape index (κ2) is 3.97. The molecule has 0 saturated carbocycles. The molecule has 0 unspecified atom stereocenters. The topological polar surface area (TPSA) is 9.23 Å². The fraction of sp³-hybridized carbons (Fsp3) is 0.467. The van der Waals surface area contributed by atoms with Crippen LogP contribution in [0.5, 0.6) is 0 Å². The lowest BCUT2D eigenvalue weighted by atomic mass is 9.88. The van der Waals surface area contributed by atoms with Crippen LogP contribution in [0.25, 0.3) is 5.57 Å². The molecule has 2 heteroatoms. The lowest BCUT2D eigenvalue weighted by molar-refractivity contribution is -0.941. The molecule has 90 valence electrons. The number of fused-ring (bicyclic) bond motifs is 2. The number of nitrogens with zero attached hydrogens (tertiary/aromatic N) is 1. The molecule has 2 heterocycles. The Morgan fingerprint density at radius 3 is 2.59 bits per heavy atom. The van der Waals surface area contributed by atoms with Crippen LogP contribution in [0.15, 0.2) is 36.4 Å². The summed E-state index contributed by atoms with van der Waals surface area (Å²) >= 11 is 0. The highest BCUT2D eigenvalue weighted by molar-refractivity contribution is 5.67. The van der Waals surface area contributed by atoms with E-state index in [-0.39, 0.29) is 0 Å². The average molecular weight is 230 g/mol. The van der Waals surface area contributed by atoms with Crippen LogP contribution in [0.4, 0.5) is 0 Å². The van der Waals surface area contributed by atoms with Gasteiger partial charge in [0.1, 0.15) is 18.7 Å². The van der Waals surface area contributed by atoms with Gasteiger partial charge in [-0.15, -0.1) is 0 Å². The zero-order valence-corrected chi connectivity index (χ0v) is 10.6. The summed E-state index contributed by atoms with van der Waals surface area (Å²) < 4.78 is 6.78. The number of benzene rings is 1. The Hall–Kier alpha value is -1.12. The second-order valence-corrected chi connectivity index (χ2v) is 5.65. The molecule has 1 saturated heterocycles. The zero-order valence-electron chi connectivity index (χ0n) is 10.6. The number of ether oxygens (including phenoxy) is 1. The summed E-state index contributed by atoms with van der Waals surface area (Å²) in [7, 11) is 4.66. The molecule has 2 bridgehead atoms. The first-order chi connectivity index (χ1) is 8.18. The van der Waals surface area contributed by atoms with E-state index in [0.717, 1.165) is 24.1 Å². The summed E-state index contributed by atoms with van der Waals surface area (Å²) in [5.74, 6) is 0. The predicted molar refractivity (Wildman–Crippen MR) is 69.5 cm³/mol. The summed E-state index contributed by atoms with van der Waals surface area (Å²) in [5.41, 5.74) is 2.88. The van der Waals surface area contributed by atoms with E-state index in [4.69, 9.17) is 4.74 Å². The van der Waals surface area contributed by atoms with Crippen LogP contribution < -0.4 is 0 Å². The summed E-state index contributed by atoms with van der Waals surface area (Å²) in [5, 5.41) is 0. The average Bonchev–Trinajstić information content (AvgIpc) is 2.28. The van der Waals surface area contributed by atoms with E-state index in [2.05, 4.69) is 50.5 Å². The van der Waals surface area contributed by atoms with Crippen molar-refractivity contribution in [2.45, 2.75) is 18.5 Å². The van der Waals surface area contributed by atoms with Gasteiger partial charge in [0.2, 0.25) is 0 Å². The summed E-state index contributed by atoms with van der Waals surface area (Å²) in [6.07, 6.45) is 3.55. The Kier molecular flexibility index (Phi) is 2.57. The number of hydrogen-bond donors (Lipinski definition) is 0. The third kappa shape index (κ3) is 1.81. The van der Waals surface area contributed by atoms with Gasteiger partial charge in [-0.1, -0.05) is 30.3 Å². The molecular formula is C15H20NO+. The third-order valence-corrected chi connectivity index (χ3v) is 4.39. The number of morpholine rings is 1. The van der Waals surface area contributed by atoms with Gasteiger partial charge in [-0.3, -0.25) is 0 Å². The van der Waals surface area contributed by atoms with E-state index in [1.807, 2.05) is 0 Å². The molecule has 0 N–H and O–H groups in total. The standard InChI is InChI=1S/C15H20NO/c1-16(2)14-8-13(9-15(16)11-17-10-14)12-6-4-3-5-7-12/h3-8,14-15H,9-11H2,1-2H3/q+1/t14-,15-/m0/s1. The minimum atomic E-state index is 0.512. The minimum absolute atomic E-state index is 0.512. The largest absolute Gasteiger partial charge is 0.369 e. The lowest BCUT2D eigenvalue weighted by Crippen LogP contribution is -2.63. The lowest BCUT2D eigenvalue weighted by Gasteiger charge is -2.49. The van der Waals surface area contributed by atoms with E-state index in [0.29, 0.717) is 12.1 Å². The maximum atomic E-state index is 5.70. The van der Waals surface area contributed by atoms with Gasteiger partial charge in [0.15, 0.2) is 0 Å². The van der Waals surface area contributed by atoms with Crippen molar-refractivity contribution >= 4 is 5.57 Å². The van der Waals surface area contributed by atoms with Crippen molar-refractivity contribution in [3.63, 3.8) is 0 Å². The van der Waals surface area contributed by atoms with Gasteiger partial charge < -0.3 is 9.22 Å². The maximum absolute atomic E-state index is 5.70. The van der Waals surface area contributed by atoms with Gasteiger partial charge in [0, 0.05) is 6.42 Å². The highest BCUT2D eigenvalue weighted by Crippen LogP contribution is 2.35. The fourth-order valence-electron chi connectivity index (χ4n) is 2.93. The molecule has 17 heavy (non-hydrogen) atoms. The Labute approximate surface area is 103 Å². The first-order valence-electron chi connectivity index (χ1n) is 6.35. The molecule has 1 aromatic rings. The van der Waals surface area contributed by atoms with E-state index in [1.54, 1.807) is 0 Å². The maximum Gasteiger partial charge on any atom is 0.132 e. The Morgan fingerprint density at radius 1 is 1.12 bits per heavy atom. The smallest absolute Gasteiger partial charge is 0.132 e. The van der Waals surface area contributed by atoms with Crippen molar-refractivity contribution in [3.05, 3.63) is 42.0 Å². The highest BCUT2D eigenvalue weighted by Gasteiger charge is 2.43. The second-order valence-electron chi connectivity index (χ2n) is 5.65. The van der Waals surface area contributed by atoms with Crippen molar-refractivity contribution in [2.75, 3.05) is 27.3 Å². The van der Waals surface area contributed by atoms with Crippen LogP contribution in [0.3, 0.4) is 0 Å². The van der Waals surface area contributed by atoms with Crippen LogP contribution in [-0.4, -0.2) is 43.9 Å². The van der Waals surface area contributed by atoms with Gasteiger partial charge >= 0.3 is 0 Å². The number of rotatable bonds is 1. The Bertz CT molecular complexity index is 435. The van der Waals surface area contributed by atoms with Crippen LogP contribution in [-0.2, 0) is 4.74 Å². The van der Waals surface area contributed by atoms with Crippen molar-refractivity contribution in [2.24, 2.45) is 0 Å². The van der Waals surface area contributed by atoms with Gasteiger partial charge in [-0.25, -0.2) is 0 Å². The molecule has 2 aliphatic heterocycles. The van der Waals surface area contributed by atoms with Crippen molar-refractivity contribution in [1.82, 2.24) is 0 Å². The summed E-state index contributed by atoms with van der Waals surface area (Å²) in [6, 6.07) is 11.9. The fourth-order valence-corrected chi connectivity index (χ4v) is 2.93. The monoisotopic (exact) mass is 230 g/mol. The molecule has 0 amide bonds. The molecule has 0 spiro atoms. The van der Waals surface area contributed by atoms with Gasteiger partial charge in [0.25, 0.3) is 0 Å². The van der Waals surface area contributed by atoms with E-state index < -0.39 is 0 Å². The van der Waals surface area contributed by atoms with Gasteiger partial charge in [-0.05, 0) is 17.2 Å². The van der Waals surface area contributed by atoms with Gasteiger partial charge in [0.05, 0.1) is 20.7 Å². The minimum Gasteiger partial charge on any atom is -0.369 e. The molecule has 0 aromatic heterocycles. The Balaban J connectivity index is 1.97. The molecule has 0 radical (unpaired) electrons. The van der Waals surface area contributed by atoms with Crippen LogP contribution in [0.2, 0.25) is 0 Å². The number of hydrogen-bond acceptors (Lipinski definition) is 1. The molecule has 2 atom stereocenters. The SMILES string of the molecule is C[N+]1(C)[C@@H]2COC[C@@H]1C=C(c1ccccc1)C2. The summed E-state index contributed by atoms with van der Waals surface area (Å²) in [4.78, 5) is 0. The highest BCUT2D eigenvalue weighted by atomic mass is 16.5.